The Morgan fingerprint density at radius 2 is 2.36 bits per heavy atom. The topological polar surface area (TPSA) is 17.2 Å². The summed E-state index contributed by atoms with van der Waals surface area (Å²) in [6.45, 7) is 8.84. The Balaban J connectivity index is 2.58. The minimum atomic E-state index is -0.0898. The third-order valence-corrected chi connectivity index (χ3v) is 3.43. The van der Waals surface area contributed by atoms with Crippen LogP contribution in [0, 0.1) is 6.57 Å². The van der Waals surface area contributed by atoms with Crippen molar-refractivity contribution >= 4 is 33.2 Å². The molecule has 0 fully saturated rings. The van der Waals surface area contributed by atoms with Gasteiger partial charge in [0.05, 0.1) is 15.1 Å². The van der Waals surface area contributed by atoms with Crippen LogP contribution in [0.1, 0.15) is 17.8 Å². The predicted molar refractivity (Wildman–Crippen MR) is 59.6 cm³/mol. The van der Waals surface area contributed by atoms with E-state index in [1.165, 1.54) is 0 Å². The Bertz CT molecular complexity index is 512. The molecule has 0 aromatic carbocycles. The molecule has 0 bridgehead atoms. The molecule has 2 aromatic rings. The zero-order chi connectivity index (χ0) is 10.1. The highest BCUT2D eigenvalue weighted by atomic mass is 35.5. The minimum Gasteiger partial charge on any atom is -0.308 e. The summed E-state index contributed by atoms with van der Waals surface area (Å²) in [5.74, 6) is 0. The Hall–Kier alpha value is -1.11. The molecule has 70 valence electrons. The van der Waals surface area contributed by atoms with Gasteiger partial charge in [-0.05, 0) is 18.2 Å². The van der Waals surface area contributed by atoms with Crippen LogP contribution in [-0.2, 0) is 0 Å². The molecule has 0 radical (unpaired) electrons. The van der Waals surface area contributed by atoms with Gasteiger partial charge in [0.15, 0.2) is 0 Å². The lowest BCUT2D eigenvalue weighted by Crippen LogP contribution is -1.78. The maximum Gasteiger partial charge on any atom is 0.255 e. The van der Waals surface area contributed by atoms with Gasteiger partial charge in [0.2, 0.25) is 0 Å². The van der Waals surface area contributed by atoms with Crippen LogP contribution in [0.4, 0.5) is 0 Å². The van der Waals surface area contributed by atoms with E-state index in [0.29, 0.717) is 5.15 Å². The zero-order valence-corrected chi connectivity index (χ0v) is 9.06. The highest BCUT2D eigenvalue weighted by molar-refractivity contribution is 7.19. The molecular weight excluding hydrogens is 216 g/mol. The number of nitrogens with zero attached hydrogens (tertiary/aromatic N) is 2. The average molecular weight is 223 g/mol. The number of aromatic nitrogens is 1. The van der Waals surface area contributed by atoms with E-state index >= 15 is 0 Å². The largest absolute Gasteiger partial charge is 0.308 e. The van der Waals surface area contributed by atoms with Crippen LogP contribution in [0.25, 0.3) is 15.1 Å². The fourth-order valence-electron chi connectivity index (χ4n) is 1.19. The minimum absolute atomic E-state index is 0.0898. The second-order valence-electron chi connectivity index (χ2n) is 2.97. The zero-order valence-electron chi connectivity index (χ0n) is 7.49. The Kier molecular flexibility index (Phi) is 2.40. The lowest BCUT2D eigenvalue weighted by molar-refractivity contribution is 0.992. The highest BCUT2D eigenvalue weighted by Crippen LogP contribution is 2.31. The summed E-state index contributed by atoms with van der Waals surface area (Å²) in [5.41, 5.74) is 0.882. The molecule has 0 aliphatic heterocycles. The van der Waals surface area contributed by atoms with Gasteiger partial charge in [0.25, 0.3) is 6.04 Å². The Morgan fingerprint density at radius 3 is 3.07 bits per heavy atom. The maximum absolute atomic E-state index is 6.95. The van der Waals surface area contributed by atoms with Crippen LogP contribution in [-0.4, -0.2) is 4.98 Å². The van der Waals surface area contributed by atoms with E-state index < -0.39 is 0 Å². The lowest BCUT2D eigenvalue weighted by atomic mass is 10.3. The van der Waals surface area contributed by atoms with Crippen molar-refractivity contribution in [2.24, 2.45) is 0 Å². The van der Waals surface area contributed by atoms with Crippen molar-refractivity contribution in [3.8, 4) is 0 Å². The summed E-state index contributed by atoms with van der Waals surface area (Å²) in [6.07, 6.45) is 0. The monoisotopic (exact) mass is 222 g/mol. The quantitative estimate of drug-likeness (QED) is 0.528. The first-order valence-electron chi connectivity index (χ1n) is 4.13. The first-order chi connectivity index (χ1) is 6.70. The van der Waals surface area contributed by atoms with E-state index in [1.807, 2.05) is 19.1 Å². The summed E-state index contributed by atoms with van der Waals surface area (Å²) in [5, 5.41) is 0.498. The van der Waals surface area contributed by atoms with Crippen molar-refractivity contribution in [1.82, 2.24) is 4.98 Å². The van der Waals surface area contributed by atoms with Gasteiger partial charge in [0, 0.05) is 6.92 Å². The van der Waals surface area contributed by atoms with Gasteiger partial charge in [-0.1, -0.05) is 11.6 Å². The van der Waals surface area contributed by atoms with Crippen molar-refractivity contribution in [2.75, 3.05) is 0 Å². The molecule has 2 rings (SSSR count). The number of hydrogen-bond donors (Lipinski definition) is 0. The molecule has 14 heavy (non-hydrogen) atoms. The fourth-order valence-corrected chi connectivity index (χ4v) is 2.33. The summed E-state index contributed by atoms with van der Waals surface area (Å²) in [4.78, 5) is 8.71. The Morgan fingerprint density at radius 1 is 1.57 bits per heavy atom. The molecule has 2 nitrogen and oxygen atoms in total. The van der Waals surface area contributed by atoms with E-state index in [-0.39, 0.29) is 6.04 Å². The van der Waals surface area contributed by atoms with Gasteiger partial charge in [-0.15, -0.1) is 11.3 Å². The number of pyridine rings is 1. The molecule has 4 heteroatoms. The first kappa shape index (κ1) is 9.45. The standard InChI is InChI=1S/C10H7ClN2S/c1-6(12-2)9-5-7-8(14-9)3-4-10(11)13-7/h3-6H,1H3. The number of rotatable bonds is 1. The summed E-state index contributed by atoms with van der Waals surface area (Å²) < 4.78 is 1.08. The van der Waals surface area contributed by atoms with E-state index in [0.717, 1.165) is 15.1 Å². The molecule has 0 spiro atoms. The van der Waals surface area contributed by atoms with Crippen LogP contribution in [0.15, 0.2) is 18.2 Å². The molecule has 0 aliphatic rings. The van der Waals surface area contributed by atoms with Gasteiger partial charge in [-0.25, -0.2) is 11.6 Å². The third-order valence-electron chi connectivity index (χ3n) is 1.96. The average Bonchev–Trinajstić information content (AvgIpc) is 2.59. The molecule has 1 unspecified atom stereocenters. The van der Waals surface area contributed by atoms with Crippen LogP contribution >= 0.6 is 22.9 Å². The normalized spacial score (nSPS) is 12.6. The van der Waals surface area contributed by atoms with Crippen LogP contribution < -0.4 is 0 Å². The molecule has 2 heterocycles. The third kappa shape index (κ3) is 1.59. The SMILES string of the molecule is [C-]#[N+]C(C)c1cc2nc(Cl)ccc2s1. The van der Waals surface area contributed by atoms with Crippen molar-refractivity contribution in [3.05, 3.63) is 39.6 Å². The van der Waals surface area contributed by atoms with E-state index in [4.69, 9.17) is 18.2 Å². The summed E-state index contributed by atoms with van der Waals surface area (Å²) >= 11 is 7.38. The second kappa shape index (κ2) is 3.56. The molecule has 0 amide bonds. The van der Waals surface area contributed by atoms with Gasteiger partial charge in [-0.3, -0.25) is 0 Å². The van der Waals surface area contributed by atoms with Crippen molar-refractivity contribution < 1.29 is 0 Å². The molecule has 2 aromatic heterocycles. The van der Waals surface area contributed by atoms with Crippen LogP contribution in [0.3, 0.4) is 0 Å². The van der Waals surface area contributed by atoms with Gasteiger partial charge >= 0.3 is 0 Å². The lowest BCUT2D eigenvalue weighted by Gasteiger charge is -1.89. The fraction of sp³-hybridized carbons (Fsp3) is 0.200. The van der Waals surface area contributed by atoms with E-state index in [1.54, 1.807) is 17.4 Å². The van der Waals surface area contributed by atoms with Crippen molar-refractivity contribution in [1.29, 1.82) is 0 Å². The molecule has 0 saturated heterocycles. The number of thiophene rings is 1. The smallest absolute Gasteiger partial charge is 0.255 e. The number of fused-ring (bicyclic) bond motifs is 1. The van der Waals surface area contributed by atoms with Crippen molar-refractivity contribution in [3.63, 3.8) is 0 Å². The molecule has 1 atom stereocenters. The summed E-state index contributed by atoms with van der Waals surface area (Å²) in [7, 11) is 0. The molecule has 0 saturated carbocycles. The van der Waals surface area contributed by atoms with Gasteiger partial charge in [-0.2, -0.15) is 0 Å². The first-order valence-corrected chi connectivity index (χ1v) is 5.32. The molecular formula is C10H7ClN2S. The van der Waals surface area contributed by atoms with E-state index in [9.17, 15) is 0 Å². The number of halogens is 1. The predicted octanol–water partition coefficient (Wildman–Crippen LogP) is 3.93. The maximum atomic E-state index is 6.95. The highest BCUT2D eigenvalue weighted by Gasteiger charge is 2.13. The van der Waals surface area contributed by atoms with Crippen molar-refractivity contribution in [2.45, 2.75) is 13.0 Å². The van der Waals surface area contributed by atoms with E-state index in [2.05, 4.69) is 9.83 Å². The second-order valence-corrected chi connectivity index (χ2v) is 4.47. The molecule has 0 aliphatic carbocycles. The van der Waals surface area contributed by atoms with Crippen LogP contribution in [0.2, 0.25) is 5.15 Å². The summed E-state index contributed by atoms with van der Waals surface area (Å²) in [6, 6.07) is 5.56. The Labute approximate surface area is 91.0 Å². The van der Waals surface area contributed by atoms with Crippen LogP contribution in [0.5, 0.6) is 0 Å². The van der Waals surface area contributed by atoms with Gasteiger partial charge < -0.3 is 4.85 Å². The number of hydrogen-bond acceptors (Lipinski definition) is 2. The molecule has 0 N–H and O–H groups in total. The van der Waals surface area contributed by atoms with Gasteiger partial charge in [0.1, 0.15) is 5.15 Å².